The van der Waals surface area contributed by atoms with Crippen LogP contribution in [0.2, 0.25) is 5.15 Å². The maximum absolute atomic E-state index is 12.0. The summed E-state index contributed by atoms with van der Waals surface area (Å²) in [4.78, 5) is 21.9. The van der Waals surface area contributed by atoms with E-state index in [1.807, 2.05) is 6.07 Å². The minimum absolute atomic E-state index is 0.147. The van der Waals surface area contributed by atoms with Crippen molar-refractivity contribution in [3.63, 3.8) is 0 Å². The molecule has 0 saturated heterocycles. The minimum Gasteiger partial charge on any atom is -0.305 e. The summed E-state index contributed by atoms with van der Waals surface area (Å²) in [5.74, 6) is 0.229. The van der Waals surface area contributed by atoms with Crippen LogP contribution in [0.4, 0.5) is 5.82 Å². The lowest BCUT2D eigenvalue weighted by molar-refractivity contribution is 0.103. The summed E-state index contributed by atoms with van der Waals surface area (Å²) >= 11 is 7.27. The predicted molar refractivity (Wildman–Crippen MR) is 71.3 cm³/mol. The molecule has 1 N–H and O–H groups in total. The standard InChI is InChI=1S/C12H10ClN3OS/c13-10-5-14-6-11(15-10)16-12(17)9-4-7-2-1-3-8(7)18-9/h4-6H,1-3H2,(H,15,16,17). The Balaban J connectivity index is 1.78. The Bertz CT molecular complexity index is 590. The van der Waals surface area contributed by atoms with E-state index in [-0.39, 0.29) is 11.1 Å². The maximum Gasteiger partial charge on any atom is 0.266 e. The summed E-state index contributed by atoms with van der Waals surface area (Å²) in [6.07, 6.45) is 6.27. The Labute approximate surface area is 113 Å². The Morgan fingerprint density at radius 2 is 2.28 bits per heavy atom. The molecule has 18 heavy (non-hydrogen) atoms. The van der Waals surface area contributed by atoms with Gasteiger partial charge < -0.3 is 5.32 Å². The maximum atomic E-state index is 12.0. The third-order valence-electron chi connectivity index (χ3n) is 2.82. The molecule has 1 aliphatic rings. The van der Waals surface area contributed by atoms with Gasteiger partial charge in [0.15, 0.2) is 5.82 Å². The third-order valence-corrected chi connectivity index (χ3v) is 4.24. The SMILES string of the molecule is O=C(Nc1cncc(Cl)n1)c1cc2c(s1)CCC2. The second kappa shape index (κ2) is 4.66. The molecule has 2 heterocycles. The largest absolute Gasteiger partial charge is 0.305 e. The lowest BCUT2D eigenvalue weighted by Gasteiger charge is -2.01. The number of hydrogen-bond acceptors (Lipinski definition) is 4. The predicted octanol–water partition coefficient (Wildman–Crippen LogP) is 2.93. The van der Waals surface area contributed by atoms with Crippen LogP contribution in [0.1, 0.15) is 26.5 Å². The number of fused-ring (bicyclic) bond motifs is 1. The average molecular weight is 280 g/mol. The summed E-state index contributed by atoms with van der Waals surface area (Å²) in [6.45, 7) is 0. The van der Waals surface area contributed by atoms with Crippen LogP contribution in [0.5, 0.6) is 0 Å². The summed E-state index contributed by atoms with van der Waals surface area (Å²) in [5, 5.41) is 2.97. The lowest BCUT2D eigenvalue weighted by Crippen LogP contribution is -2.11. The number of rotatable bonds is 2. The quantitative estimate of drug-likeness (QED) is 0.919. The minimum atomic E-state index is -0.147. The first-order chi connectivity index (χ1) is 8.72. The van der Waals surface area contributed by atoms with Crippen molar-refractivity contribution in [2.45, 2.75) is 19.3 Å². The zero-order valence-corrected chi connectivity index (χ0v) is 11.0. The van der Waals surface area contributed by atoms with Gasteiger partial charge in [-0.2, -0.15) is 0 Å². The molecule has 92 valence electrons. The molecule has 0 saturated carbocycles. The molecule has 4 nitrogen and oxygen atoms in total. The number of aromatic nitrogens is 2. The molecular weight excluding hydrogens is 270 g/mol. The molecule has 2 aromatic rings. The summed E-state index contributed by atoms with van der Waals surface area (Å²) in [7, 11) is 0. The number of aryl methyl sites for hydroxylation is 2. The van der Waals surface area contributed by atoms with Crippen LogP contribution >= 0.6 is 22.9 Å². The second-order valence-electron chi connectivity index (χ2n) is 4.09. The van der Waals surface area contributed by atoms with Crippen LogP contribution in [-0.4, -0.2) is 15.9 Å². The van der Waals surface area contributed by atoms with Crippen molar-refractivity contribution in [1.29, 1.82) is 0 Å². The number of nitrogens with zero attached hydrogens (tertiary/aromatic N) is 2. The van der Waals surface area contributed by atoms with Crippen LogP contribution < -0.4 is 5.32 Å². The number of nitrogens with one attached hydrogen (secondary N) is 1. The molecule has 0 fully saturated rings. The molecule has 0 atom stereocenters. The van der Waals surface area contributed by atoms with Gasteiger partial charge in [-0.1, -0.05) is 11.6 Å². The number of carbonyl (C=O) groups is 1. The fourth-order valence-electron chi connectivity index (χ4n) is 2.02. The molecular formula is C12H10ClN3OS. The van der Waals surface area contributed by atoms with Crippen LogP contribution in [0.3, 0.4) is 0 Å². The van der Waals surface area contributed by atoms with E-state index in [4.69, 9.17) is 11.6 Å². The average Bonchev–Trinajstić information content (AvgIpc) is 2.88. The zero-order chi connectivity index (χ0) is 12.5. The van der Waals surface area contributed by atoms with E-state index in [2.05, 4.69) is 15.3 Å². The van der Waals surface area contributed by atoms with Gasteiger partial charge in [0, 0.05) is 4.88 Å². The van der Waals surface area contributed by atoms with Crippen molar-refractivity contribution in [3.05, 3.63) is 38.9 Å². The van der Waals surface area contributed by atoms with Gasteiger partial charge in [-0.05, 0) is 30.9 Å². The molecule has 0 aromatic carbocycles. The first kappa shape index (κ1) is 11.6. The molecule has 3 rings (SSSR count). The molecule has 0 aliphatic heterocycles. The van der Waals surface area contributed by atoms with Crippen molar-refractivity contribution in [1.82, 2.24) is 9.97 Å². The van der Waals surface area contributed by atoms with Gasteiger partial charge in [0.2, 0.25) is 0 Å². The van der Waals surface area contributed by atoms with E-state index in [0.717, 1.165) is 17.7 Å². The Kier molecular flexibility index (Phi) is 3.01. The molecule has 0 bridgehead atoms. The Morgan fingerprint density at radius 3 is 3.06 bits per heavy atom. The first-order valence-corrected chi connectivity index (χ1v) is 6.82. The van der Waals surface area contributed by atoms with Crippen molar-refractivity contribution < 1.29 is 4.79 Å². The van der Waals surface area contributed by atoms with Crippen molar-refractivity contribution in [3.8, 4) is 0 Å². The van der Waals surface area contributed by atoms with Gasteiger partial charge in [-0.25, -0.2) is 4.98 Å². The third kappa shape index (κ3) is 2.23. The number of amides is 1. The van der Waals surface area contributed by atoms with E-state index >= 15 is 0 Å². The van der Waals surface area contributed by atoms with Crippen molar-refractivity contribution in [2.75, 3.05) is 5.32 Å². The monoisotopic (exact) mass is 279 g/mol. The molecule has 0 unspecified atom stereocenters. The molecule has 2 aromatic heterocycles. The topological polar surface area (TPSA) is 54.9 Å². The highest BCUT2D eigenvalue weighted by Crippen LogP contribution is 2.30. The van der Waals surface area contributed by atoms with E-state index in [1.165, 1.54) is 29.3 Å². The number of hydrogen-bond donors (Lipinski definition) is 1. The van der Waals surface area contributed by atoms with E-state index in [0.29, 0.717) is 5.82 Å². The van der Waals surface area contributed by atoms with Gasteiger partial charge >= 0.3 is 0 Å². The molecule has 1 aliphatic carbocycles. The Hall–Kier alpha value is -1.46. The second-order valence-corrected chi connectivity index (χ2v) is 5.62. The fraction of sp³-hybridized carbons (Fsp3) is 0.250. The van der Waals surface area contributed by atoms with Crippen LogP contribution in [-0.2, 0) is 12.8 Å². The molecule has 0 spiro atoms. The van der Waals surface area contributed by atoms with Crippen LogP contribution in [0.15, 0.2) is 18.5 Å². The van der Waals surface area contributed by atoms with Gasteiger partial charge in [0.05, 0.1) is 17.3 Å². The van der Waals surface area contributed by atoms with Crippen LogP contribution in [0, 0.1) is 0 Å². The number of halogens is 1. The van der Waals surface area contributed by atoms with E-state index in [9.17, 15) is 4.79 Å². The fourth-order valence-corrected chi connectivity index (χ4v) is 3.32. The van der Waals surface area contributed by atoms with Gasteiger partial charge in [0.1, 0.15) is 5.15 Å². The Morgan fingerprint density at radius 1 is 1.39 bits per heavy atom. The van der Waals surface area contributed by atoms with Gasteiger partial charge in [0.25, 0.3) is 5.91 Å². The highest BCUT2D eigenvalue weighted by molar-refractivity contribution is 7.14. The number of anilines is 1. The zero-order valence-electron chi connectivity index (χ0n) is 9.44. The number of thiophene rings is 1. The smallest absolute Gasteiger partial charge is 0.266 e. The van der Waals surface area contributed by atoms with E-state index < -0.39 is 0 Å². The lowest BCUT2D eigenvalue weighted by atomic mass is 10.2. The summed E-state index contributed by atoms with van der Waals surface area (Å²) in [5.41, 5.74) is 1.31. The molecule has 6 heteroatoms. The highest BCUT2D eigenvalue weighted by atomic mass is 35.5. The summed E-state index contributed by atoms with van der Waals surface area (Å²) in [6, 6.07) is 1.97. The highest BCUT2D eigenvalue weighted by Gasteiger charge is 2.18. The molecule has 0 radical (unpaired) electrons. The van der Waals surface area contributed by atoms with Gasteiger partial charge in [-0.15, -0.1) is 11.3 Å². The first-order valence-electron chi connectivity index (χ1n) is 5.63. The van der Waals surface area contributed by atoms with Crippen molar-refractivity contribution in [2.24, 2.45) is 0 Å². The van der Waals surface area contributed by atoms with Crippen LogP contribution in [0.25, 0.3) is 0 Å². The summed E-state index contributed by atoms with van der Waals surface area (Å²) < 4.78 is 0. The van der Waals surface area contributed by atoms with E-state index in [1.54, 1.807) is 11.3 Å². The van der Waals surface area contributed by atoms with Crippen molar-refractivity contribution >= 4 is 34.7 Å². The normalized spacial score (nSPS) is 13.4. The number of carbonyl (C=O) groups excluding carboxylic acids is 1. The van der Waals surface area contributed by atoms with Gasteiger partial charge in [-0.3, -0.25) is 9.78 Å². The molecule has 1 amide bonds.